The van der Waals surface area contributed by atoms with Crippen LogP contribution in [0.25, 0.3) is 0 Å². The summed E-state index contributed by atoms with van der Waals surface area (Å²) in [6.07, 6.45) is 8.40. The molecule has 1 N–H and O–H groups in total. The summed E-state index contributed by atoms with van der Waals surface area (Å²) < 4.78 is 5.72. The third-order valence-electron chi connectivity index (χ3n) is 3.28. The normalized spacial score (nSPS) is 33.2. The predicted molar refractivity (Wildman–Crippen MR) is 49.2 cm³/mol. The molecule has 0 aromatic rings. The smallest absolute Gasteiger partial charge is 0.0592 e. The topological polar surface area (TPSA) is 21.3 Å². The van der Waals surface area contributed by atoms with Gasteiger partial charge in [-0.1, -0.05) is 0 Å². The van der Waals surface area contributed by atoms with Crippen LogP contribution in [-0.4, -0.2) is 25.3 Å². The van der Waals surface area contributed by atoms with Crippen LogP contribution >= 0.6 is 0 Å². The monoisotopic (exact) mass is 169 g/mol. The van der Waals surface area contributed by atoms with Crippen LogP contribution in [0.5, 0.6) is 0 Å². The van der Waals surface area contributed by atoms with Crippen molar-refractivity contribution in [2.24, 2.45) is 0 Å². The Morgan fingerprint density at radius 3 is 2.75 bits per heavy atom. The molecule has 70 valence electrons. The average Bonchev–Trinajstić information content (AvgIpc) is 2.88. The molecule has 1 saturated carbocycles. The molecule has 1 atom stereocenters. The van der Waals surface area contributed by atoms with Crippen molar-refractivity contribution in [3.05, 3.63) is 0 Å². The summed E-state index contributed by atoms with van der Waals surface area (Å²) in [5, 5.41) is 3.42. The van der Waals surface area contributed by atoms with Crippen molar-refractivity contribution >= 4 is 0 Å². The Morgan fingerprint density at radius 2 is 2.25 bits per heavy atom. The molecule has 1 aliphatic heterocycles. The zero-order valence-electron chi connectivity index (χ0n) is 7.94. The van der Waals surface area contributed by atoms with Crippen LogP contribution in [0.3, 0.4) is 0 Å². The third-order valence-corrected chi connectivity index (χ3v) is 3.28. The molecule has 1 heterocycles. The molecule has 1 unspecified atom stereocenters. The first kappa shape index (κ1) is 8.52. The summed E-state index contributed by atoms with van der Waals surface area (Å²) in [4.78, 5) is 0. The highest BCUT2D eigenvalue weighted by Gasteiger charge is 2.42. The minimum atomic E-state index is 0.474. The number of hydrogen-bond donors (Lipinski definition) is 1. The fourth-order valence-corrected chi connectivity index (χ4v) is 2.11. The van der Waals surface area contributed by atoms with Crippen LogP contribution in [0.15, 0.2) is 0 Å². The first-order valence-corrected chi connectivity index (χ1v) is 5.15. The lowest BCUT2D eigenvalue weighted by Gasteiger charge is -2.26. The molecule has 0 aromatic carbocycles. The summed E-state index contributed by atoms with van der Waals surface area (Å²) >= 11 is 0. The molecular formula is C10H19NO. The molecule has 2 heteroatoms. The van der Waals surface area contributed by atoms with Gasteiger partial charge >= 0.3 is 0 Å². The van der Waals surface area contributed by atoms with Crippen molar-refractivity contribution < 1.29 is 4.74 Å². The Morgan fingerprint density at radius 1 is 1.42 bits per heavy atom. The van der Waals surface area contributed by atoms with E-state index in [4.69, 9.17) is 4.74 Å². The van der Waals surface area contributed by atoms with Gasteiger partial charge in [0.05, 0.1) is 6.10 Å². The largest absolute Gasteiger partial charge is 0.378 e. The van der Waals surface area contributed by atoms with Crippen LogP contribution in [0, 0.1) is 0 Å². The van der Waals surface area contributed by atoms with E-state index < -0.39 is 0 Å². The molecule has 0 bridgehead atoms. The van der Waals surface area contributed by atoms with Crippen LogP contribution in [0.2, 0.25) is 0 Å². The van der Waals surface area contributed by atoms with Gasteiger partial charge in [-0.3, -0.25) is 0 Å². The van der Waals surface area contributed by atoms with Gasteiger partial charge in [0.15, 0.2) is 0 Å². The van der Waals surface area contributed by atoms with Crippen molar-refractivity contribution in [2.75, 3.05) is 13.7 Å². The van der Waals surface area contributed by atoms with E-state index in [-0.39, 0.29) is 0 Å². The van der Waals surface area contributed by atoms with Gasteiger partial charge < -0.3 is 10.1 Å². The first-order chi connectivity index (χ1) is 5.85. The van der Waals surface area contributed by atoms with E-state index in [1.165, 1.54) is 38.5 Å². The SMILES string of the molecule is CNC1(CC2CCCCO2)CC1. The van der Waals surface area contributed by atoms with Gasteiger partial charge in [-0.2, -0.15) is 0 Å². The fourth-order valence-electron chi connectivity index (χ4n) is 2.11. The summed E-state index contributed by atoms with van der Waals surface area (Å²) in [5.74, 6) is 0. The molecular weight excluding hydrogens is 150 g/mol. The molecule has 12 heavy (non-hydrogen) atoms. The molecule has 2 fully saturated rings. The molecule has 0 amide bonds. The number of ether oxygens (including phenoxy) is 1. The summed E-state index contributed by atoms with van der Waals surface area (Å²) in [5.41, 5.74) is 0.474. The van der Waals surface area contributed by atoms with E-state index in [2.05, 4.69) is 12.4 Å². The summed E-state index contributed by atoms with van der Waals surface area (Å²) in [6.45, 7) is 0.991. The van der Waals surface area contributed by atoms with Gasteiger partial charge in [-0.05, 0) is 45.6 Å². The molecule has 0 aromatic heterocycles. The zero-order chi connectivity index (χ0) is 8.44. The maximum absolute atomic E-state index is 5.72. The Balaban J connectivity index is 1.77. The maximum Gasteiger partial charge on any atom is 0.0592 e. The van der Waals surface area contributed by atoms with E-state index in [1.807, 2.05) is 0 Å². The quantitative estimate of drug-likeness (QED) is 0.694. The highest BCUT2D eigenvalue weighted by atomic mass is 16.5. The van der Waals surface area contributed by atoms with Crippen LogP contribution in [0.1, 0.15) is 38.5 Å². The number of hydrogen-bond acceptors (Lipinski definition) is 2. The second kappa shape index (κ2) is 3.35. The second-order valence-electron chi connectivity index (χ2n) is 4.22. The van der Waals surface area contributed by atoms with E-state index in [0.717, 1.165) is 6.61 Å². The molecule has 2 aliphatic rings. The van der Waals surface area contributed by atoms with Crippen LogP contribution < -0.4 is 5.32 Å². The average molecular weight is 169 g/mol. The standard InChI is InChI=1S/C10H19NO/c1-11-10(5-6-10)8-9-4-2-3-7-12-9/h9,11H,2-8H2,1H3. The highest BCUT2D eigenvalue weighted by Crippen LogP contribution is 2.40. The molecule has 1 aliphatic carbocycles. The van der Waals surface area contributed by atoms with Crippen molar-refractivity contribution in [1.29, 1.82) is 0 Å². The maximum atomic E-state index is 5.72. The van der Waals surface area contributed by atoms with Gasteiger partial charge in [-0.15, -0.1) is 0 Å². The Hall–Kier alpha value is -0.0800. The third kappa shape index (κ3) is 1.80. The van der Waals surface area contributed by atoms with Crippen molar-refractivity contribution in [1.82, 2.24) is 5.32 Å². The van der Waals surface area contributed by atoms with Crippen molar-refractivity contribution in [3.8, 4) is 0 Å². The predicted octanol–water partition coefficient (Wildman–Crippen LogP) is 1.70. The number of rotatable bonds is 3. The highest BCUT2D eigenvalue weighted by molar-refractivity contribution is 5.02. The van der Waals surface area contributed by atoms with Crippen molar-refractivity contribution in [3.63, 3.8) is 0 Å². The fraction of sp³-hybridized carbons (Fsp3) is 1.00. The van der Waals surface area contributed by atoms with E-state index in [1.54, 1.807) is 0 Å². The van der Waals surface area contributed by atoms with Gasteiger partial charge in [0, 0.05) is 12.1 Å². The van der Waals surface area contributed by atoms with E-state index in [0.29, 0.717) is 11.6 Å². The van der Waals surface area contributed by atoms with Gasteiger partial charge in [-0.25, -0.2) is 0 Å². The first-order valence-electron chi connectivity index (χ1n) is 5.15. The zero-order valence-corrected chi connectivity index (χ0v) is 7.94. The molecule has 1 saturated heterocycles. The molecule has 2 rings (SSSR count). The lowest BCUT2D eigenvalue weighted by molar-refractivity contribution is 0.00368. The van der Waals surface area contributed by atoms with Gasteiger partial charge in [0.2, 0.25) is 0 Å². The molecule has 0 spiro atoms. The van der Waals surface area contributed by atoms with Crippen LogP contribution in [0.4, 0.5) is 0 Å². The van der Waals surface area contributed by atoms with Gasteiger partial charge in [0.1, 0.15) is 0 Å². The Bertz CT molecular complexity index is 148. The van der Waals surface area contributed by atoms with E-state index >= 15 is 0 Å². The van der Waals surface area contributed by atoms with Gasteiger partial charge in [0.25, 0.3) is 0 Å². The molecule has 2 nitrogen and oxygen atoms in total. The summed E-state index contributed by atoms with van der Waals surface area (Å²) in [7, 11) is 2.08. The molecule has 0 radical (unpaired) electrons. The van der Waals surface area contributed by atoms with E-state index in [9.17, 15) is 0 Å². The minimum absolute atomic E-state index is 0.474. The Labute approximate surface area is 74.7 Å². The summed E-state index contributed by atoms with van der Waals surface area (Å²) in [6, 6.07) is 0. The van der Waals surface area contributed by atoms with Crippen LogP contribution in [-0.2, 0) is 4.74 Å². The number of nitrogens with one attached hydrogen (secondary N) is 1. The Kier molecular flexibility index (Phi) is 2.37. The van der Waals surface area contributed by atoms with Crippen molar-refractivity contribution in [2.45, 2.75) is 50.2 Å². The minimum Gasteiger partial charge on any atom is -0.378 e. The lowest BCUT2D eigenvalue weighted by Crippen LogP contribution is -2.34. The second-order valence-corrected chi connectivity index (χ2v) is 4.22. The lowest BCUT2D eigenvalue weighted by atomic mass is 10.0.